The van der Waals surface area contributed by atoms with Gasteiger partial charge in [0.15, 0.2) is 0 Å². The number of hydrogen-bond acceptors (Lipinski definition) is 4. The van der Waals surface area contributed by atoms with E-state index in [1.165, 1.54) is 13.1 Å². The molecule has 0 aromatic carbocycles. The molecular weight excluding hydrogens is 240 g/mol. The third-order valence-electron chi connectivity index (χ3n) is 2.08. The van der Waals surface area contributed by atoms with Gasteiger partial charge in [-0.05, 0) is 12.1 Å². The van der Waals surface area contributed by atoms with E-state index in [4.69, 9.17) is 16.9 Å². The van der Waals surface area contributed by atoms with Crippen molar-refractivity contribution in [3.8, 4) is 6.07 Å². The van der Waals surface area contributed by atoms with E-state index in [0.717, 1.165) is 0 Å². The van der Waals surface area contributed by atoms with E-state index in [9.17, 15) is 4.79 Å². The molecule has 1 N–H and O–H groups in total. The zero-order valence-electron chi connectivity index (χ0n) is 8.86. The van der Waals surface area contributed by atoms with Crippen LogP contribution in [0.2, 0.25) is 5.02 Å². The Morgan fingerprint density at radius 3 is 2.94 bits per heavy atom. The fourth-order valence-electron chi connectivity index (χ4n) is 1.36. The molecule has 0 aliphatic heterocycles. The topological polar surface area (TPSA) is 78.7 Å². The number of nitriles is 1. The summed E-state index contributed by atoms with van der Waals surface area (Å²) in [5.74, 6) is 0.154. The highest BCUT2D eigenvalue weighted by atomic mass is 35.5. The molecule has 0 atom stereocenters. The van der Waals surface area contributed by atoms with Crippen LogP contribution >= 0.6 is 11.6 Å². The lowest BCUT2D eigenvalue weighted by Crippen LogP contribution is -2.07. The zero-order chi connectivity index (χ0) is 12.4. The number of halogens is 1. The average Bonchev–Trinajstić information content (AvgIpc) is 2.29. The molecule has 1 amide bonds. The minimum absolute atomic E-state index is 0.225. The third kappa shape index (κ3) is 2.17. The molecule has 5 nitrogen and oxygen atoms in total. The number of amides is 1. The summed E-state index contributed by atoms with van der Waals surface area (Å²) >= 11 is 6.01. The van der Waals surface area contributed by atoms with Gasteiger partial charge in [0.2, 0.25) is 5.91 Å². The molecule has 6 heteroatoms. The summed E-state index contributed by atoms with van der Waals surface area (Å²) in [4.78, 5) is 19.1. The van der Waals surface area contributed by atoms with Gasteiger partial charge in [-0.3, -0.25) is 9.78 Å². The molecule has 0 spiro atoms. The molecule has 2 aromatic heterocycles. The van der Waals surface area contributed by atoms with Crippen molar-refractivity contribution in [1.29, 1.82) is 5.26 Å². The highest BCUT2D eigenvalue weighted by molar-refractivity contribution is 6.36. The van der Waals surface area contributed by atoms with Crippen molar-refractivity contribution in [2.45, 2.75) is 6.92 Å². The highest BCUT2D eigenvalue weighted by Crippen LogP contribution is 2.24. The molecule has 0 unspecified atom stereocenters. The molecule has 0 bridgehead atoms. The summed E-state index contributed by atoms with van der Waals surface area (Å²) in [5, 5.41) is 11.6. The van der Waals surface area contributed by atoms with E-state index in [2.05, 4.69) is 15.3 Å². The van der Waals surface area contributed by atoms with Gasteiger partial charge in [0, 0.05) is 13.1 Å². The van der Waals surface area contributed by atoms with Crippen LogP contribution in [-0.4, -0.2) is 15.9 Å². The van der Waals surface area contributed by atoms with E-state index >= 15 is 0 Å². The number of fused-ring (bicyclic) bond motifs is 1. The van der Waals surface area contributed by atoms with Crippen molar-refractivity contribution in [2.24, 2.45) is 0 Å². The number of carbonyl (C=O) groups excluding carboxylic acids is 1. The van der Waals surface area contributed by atoms with Gasteiger partial charge >= 0.3 is 0 Å². The van der Waals surface area contributed by atoms with Crippen molar-refractivity contribution in [3.05, 3.63) is 28.9 Å². The van der Waals surface area contributed by atoms with Crippen LogP contribution in [0.25, 0.3) is 11.0 Å². The molecule has 0 saturated carbocycles. The largest absolute Gasteiger partial charge is 0.311 e. The summed E-state index contributed by atoms with van der Waals surface area (Å²) in [6, 6.07) is 5.23. The minimum Gasteiger partial charge on any atom is -0.311 e. The number of aromatic nitrogens is 2. The average molecular weight is 247 g/mol. The van der Waals surface area contributed by atoms with Crippen molar-refractivity contribution in [1.82, 2.24) is 9.97 Å². The van der Waals surface area contributed by atoms with Crippen LogP contribution in [-0.2, 0) is 4.79 Å². The summed E-state index contributed by atoms with van der Waals surface area (Å²) < 4.78 is 0. The lowest BCUT2D eigenvalue weighted by Gasteiger charge is -2.04. The first-order valence-electron chi connectivity index (χ1n) is 4.75. The number of hydrogen-bond donors (Lipinski definition) is 1. The highest BCUT2D eigenvalue weighted by Gasteiger charge is 2.09. The second kappa shape index (κ2) is 4.36. The second-order valence-corrected chi connectivity index (χ2v) is 3.72. The van der Waals surface area contributed by atoms with E-state index in [0.29, 0.717) is 16.9 Å². The van der Waals surface area contributed by atoms with E-state index in [-0.39, 0.29) is 16.5 Å². The Kier molecular flexibility index (Phi) is 2.90. The van der Waals surface area contributed by atoms with Gasteiger partial charge < -0.3 is 5.32 Å². The molecular formula is C11H7ClN4O. The smallest absolute Gasteiger partial charge is 0.222 e. The maximum atomic E-state index is 10.9. The predicted octanol–water partition coefficient (Wildman–Crippen LogP) is 2.11. The standard InChI is InChI=1S/C11H7ClN4O/c1-6(17)15-9-3-2-8-11(16-9)10(12)7(4-13)5-14-8/h2-3,5H,1H3,(H,15,16,17). The lowest BCUT2D eigenvalue weighted by atomic mass is 10.2. The van der Waals surface area contributed by atoms with Crippen molar-refractivity contribution in [2.75, 3.05) is 5.32 Å². The van der Waals surface area contributed by atoms with Crippen LogP contribution in [0.1, 0.15) is 12.5 Å². The number of carbonyl (C=O) groups is 1. The summed E-state index contributed by atoms with van der Waals surface area (Å²) in [6.45, 7) is 1.39. The fraction of sp³-hybridized carbons (Fsp3) is 0.0909. The molecule has 0 fully saturated rings. The van der Waals surface area contributed by atoms with Crippen LogP contribution in [0.4, 0.5) is 5.82 Å². The van der Waals surface area contributed by atoms with Gasteiger partial charge in [0.05, 0.1) is 16.1 Å². The number of nitrogens with one attached hydrogen (secondary N) is 1. The first-order chi connectivity index (χ1) is 8.11. The third-order valence-corrected chi connectivity index (χ3v) is 2.46. The summed E-state index contributed by atoms with van der Waals surface area (Å²) in [7, 11) is 0. The van der Waals surface area contributed by atoms with E-state index in [1.54, 1.807) is 12.1 Å². The molecule has 17 heavy (non-hydrogen) atoms. The molecule has 0 aliphatic rings. The van der Waals surface area contributed by atoms with Crippen molar-refractivity contribution < 1.29 is 4.79 Å². The summed E-state index contributed by atoms with van der Waals surface area (Å²) in [6.07, 6.45) is 1.39. The van der Waals surface area contributed by atoms with Gasteiger partial charge in [-0.15, -0.1) is 0 Å². The van der Waals surface area contributed by atoms with Gasteiger partial charge in [-0.25, -0.2) is 4.98 Å². The predicted molar refractivity (Wildman–Crippen MR) is 63.6 cm³/mol. The number of pyridine rings is 2. The Labute approximate surface area is 102 Å². The molecule has 2 rings (SSSR count). The molecule has 2 heterocycles. The lowest BCUT2D eigenvalue weighted by molar-refractivity contribution is -0.114. The monoisotopic (exact) mass is 246 g/mol. The minimum atomic E-state index is -0.225. The van der Waals surface area contributed by atoms with E-state index in [1.807, 2.05) is 6.07 Å². The van der Waals surface area contributed by atoms with Crippen LogP contribution in [0.15, 0.2) is 18.3 Å². The Bertz CT molecular complexity index is 648. The van der Waals surface area contributed by atoms with Gasteiger partial charge in [0.1, 0.15) is 17.4 Å². The Morgan fingerprint density at radius 1 is 1.53 bits per heavy atom. The van der Waals surface area contributed by atoms with E-state index < -0.39 is 0 Å². The Balaban J connectivity index is 2.63. The Hall–Kier alpha value is -2.19. The van der Waals surface area contributed by atoms with Gasteiger partial charge in [-0.2, -0.15) is 5.26 Å². The van der Waals surface area contributed by atoms with Gasteiger partial charge in [0.25, 0.3) is 0 Å². The SMILES string of the molecule is CC(=O)Nc1ccc2ncc(C#N)c(Cl)c2n1. The Morgan fingerprint density at radius 2 is 2.29 bits per heavy atom. The van der Waals surface area contributed by atoms with Gasteiger partial charge in [-0.1, -0.05) is 11.6 Å². The number of rotatable bonds is 1. The molecule has 2 aromatic rings. The molecule has 0 saturated heterocycles. The first-order valence-corrected chi connectivity index (χ1v) is 5.12. The van der Waals surface area contributed by atoms with Crippen LogP contribution < -0.4 is 5.32 Å². The maximum absolute atomic E-state index is 10.9. The second-order valence-electron chi connectivity index (χ2n) is 3.34. The quantitative estimate of drug-likeness (QED) is 0.836. The van der Waals surface area contributed by atoms with Crippen molar-refractivity contribution in [3.63, 3.8) is 0 Å². The van der Waals surface area contributed by atoms with Crippen LogP contribution in [0, 0.1) is 11.3 Å². The van der Waals surface area contributed by atoms with Crippen LogP contribution in [0.3, 0.4) is 0 Å². The zero-order valence-corrected chi connectivity index (χ0v) is 9.62. The summed E-state index contributed by atoms with van der Waals surface area (Å²) in [5.41, 5.74) is 1.23. The molecule has 0 aliphatic carbocycles. The number of nitrogens with zero attached hydrogens (tertiary/aromatic N) is 3. The first kappa shape index (κ1) is 11.3. The molecule has 0 radical (unpaired) electrons. The maximum Gasteiger partial charge on any atom is 0.222 e. The number of anilines is 1. The molecule has 84 valence electrons. The normalized spacial score (nSPS) is 9.94. The fourth-order valence-corrected chi connectivity index (χ4v) is 1.59. The van der Waals surface area contributed by atoms with Crippen LogP contribution in [0.5, 0.6) is 0 Å². The van der Waals surface area contributed by atoms with Crippen molar-refractivity contribution >= 4 is 34.4 Å².